The van der Waals surface area contributed by atoms with E-state index in [9.17, 15) is 31.5 Å². The Hall–Kier alpha value is -2.14. The summed E-state index contributed by atoms with van der Waals surface area (Å²) in [7, 11) is 0. The highest BCUT2D eigenvalue weighted by atomic mass is 35.5. The third-order valence-corrected chi connectivity index (χ3v) is 5.56. The number of benzene rings is 1. The average Bonchev–Trinajstić information content (AvgIpc) is 3.11. The molecular weight excluding hydrogens is 435 g/mol. The molecule has 3 N–H and O–H groups in total. The first kappa shape index (κ1) is 22.5. The number of hydrogen-bond acceptors (Lipinski definition) is 3. The molecule has 166 valence electrons. The van der Waals surface area contributed by atoms with Crippen LogP contribution in [0.1, 0.15) is 30.9 Å². The fourth-order valence-electron chi connectivity index (χ4n) is 3.85. The van der Waals surface area contributed by atoms with E-state index in [1.54, 1.807) is 0 Å². The molecule has 6 nitrogen and oxygen atoms in total. The lowest BCUT2D eigenvalue weighted by Gasteiger charge is -2.41. The van der Waals surface area contributed by atoms with Crippen molar-refractivity contribution in [2.75, 3.05) is 19.6 Å². The third-order valence-electron chi connectivity index (χ3n) is 5.22. The molecule has 0 aliphatic carbocycles. The van der Waals surface area contributed by atoms with Gasteiger partial charge in [-0.3, -0.25) is 9.69 Å². The smallest absolute Gasteiger partial charge is 0.346 e. The van der Waals surface area contributed by atoms with Gasteiger partial charge in [-0.1, -0.05) is 24.1 Å². The number of likely N-dealkylation sites (tertiary alicyclic amines) is 1. The van der Waals surface area contributed by atoms with Crippen LogP contribution in [0.25, 0.3) is 0 Å². The molecule has 2 fully saturated rings. The van der Waals surface area contributed by atoms with E-state index in [0.717, 1.165) is 17.0 Å². The van der Waals surface area contributed by atoms with Gasteiger partial charge in [0.2, 0.25) is 5.91 Å². The van der Waals surface area contributed by atoms with Crippen molar-refractivity contribution in [2.24, 2.45) is 0 Å². The fourth-order valence-corrected chi connectivity index (χ4v) is 4.02. The van der Waals surface area contributed by atoms with Crippen LogP contribution < -0.4 is 16.0 Å². The van der Waals surface area contributed by atoms with E-state index < -0.39 is 59.4 Å². The van der Waals surface area contributed by atoms with Gasteiger partial charge < -0.3 is 16.0 Å². The lowest BCUT2D eigenvalue weighted by atomic mass is 9.90. The molecule has 3 rings (SSSR count). The zero-order chi connectivity index (χ0) is 22.1. The Labute approximate surface area is 174 Å². The monoisotopic (exact) mass is 454 g/mol. The van der Waals surface area contributed by atoms with Crippen LogP contribution in [0.15, 0.2) is 12.1 Å². The number of nitrogens with zero attached hydrogens (tertiary/aromatic N) is 1. The van der Waals surface area contributed by atoms with Gasteiger partial charge in [0, 0.05) is 18.2 Å². The highest BCUT2D eigenvalue weighted by molar-refractivity contribution is 6.31. The first-order valence-corrected chi connectivity index (χ1v) is 9.73. The van der Waals surface area contributed by atoms with Crippen LogP contribution in [0.4, 0.5) is 26.7 Å². The van der Waals surface area contributed by atoms with Crippen molar-refractivity contribution in [3.8, 4) is 0 Å². The molecule has 0 radical (unpaired) electrons. The minimum Gasteiger partial charge on any atom is -0.346 e. The fraction of sp³-hybridized carbons (Fsp3) is 0.556. The standard InChI is InChI=1S/C18H20ClF5N4O2/c19-13-10(20)5-4-9(14(13)21)15(27-16(29)11-7-25-17(30)26-11)12-3-1-2-6-28(12)8-18(22,23)24/h4-5,11-12,15H,1-3,6-8H2,(H,27,29)(H2,25,26,30)/t11-,12-,15+/m0/s1. The zero-order valence-corrected chi connectivity index (χ0v) is 16.4. The van der Waals surface area contributed by atoms with Crippen LogP contribution in [0.3, 0.4) is 0 Å². The number of alkyl halides is 3. The molecule has 30 heavy (non-hydrogen) atoms. The number of hydrogen-bond donors (Lipinski definition) is 3. The molecule has 2 aliphatic heterocycles. The van der Waals surface area contributed by atoms with Crippen molar-refractivity contribution in [2.45, 2.75) is 43.6 Å². The minimum absolute atomic E-state index is 0.0268. The molecule has 0 bridgehead atoms. The molecule has 2 heterocycles. The molecule has 1 aromatic rings. The van der Waals surface area contributed by atoms with E-state index in [-0.39, 0.29) is 25.1 Å². The van der Waals surface area contributed by atoms with E-state index in [1.807, 2.05) is 0 Å². The Bertz CT molecular complexity index is 823. The van der Waals surface area contributed by atoms with Gasteiger partial charge in [0.25, 0.3) is 0 Å². The molecule has 12 heteroatoms. The summed E-state index contributed by atoms with van der Waals surface area (Å²) in [4.78, 5) is 25.1. The summed E-state index contributed by atoms with van der Waals surface area (Å²) in [5.74, 6) is -2.87. The van der Waals surface area contributed by atoms with E-state index in [4.69, 9.17) is 11.6 Å². The van der Waals surface area contributed by atoms with Crippen LogP contribution in [-0.2, 0) is 4.79 Å². The molecule has 1 aromatic carbocycles. The number of rotatable bonds is 5. The summed E-state index contributed by atoms with van der Waals surface area (Å²) in [5, 5.41) is 6.50. The van der Waals surface area contributed by atoms with Crippen molar-refractivity contribution >= 4 is 23.5 Å². The predicted molar refractivity (Wildman–Crippen MR) is 97.8 cm³/mol. The summed E-state index contributed by atoms with van der Waals surface area (Å²) in [5.41, 5.74) is -0.217. The maximum absolute atomic E-state index is 14.8. The lowest BCUT2D eigenvalue weighted by molar-refractivity contribution is -0.155. The Kier molecular flexibility index (Phi) is 6.71. The number of amides is 3. The summed E-state index contributed by atoms with van der Waals surface area (Å²) in [6.07, 6.45) is -3.15. The largest absolute Gasteiger partial charge is 0.401 e. The van der Waals surface area contributed by atoms with E-state index in [0.29, 0.717) is 12.8 Å². The maximum Gasteiger partial charge on any atom is 0.401 e. The highest BCUT2D eigenvalue weighted by Gasteiger charge is 2.41. The van der Waals surface area contributed by atoms with Crippen molar-refractivity contribution in [1.29, 1.82) is 0 Å². The van der Waals surface area contributed by atoms with Crippen LogP contribution >= 0.6 is 11.6 Å². The van der Waals surface area contributed by atoms with Crippen LogP contribution in [0, 0.1) is 11.6 Å². The van der Waals surface area contributed by atoms with Crippen LogP contribution in [0.5, 0.6) is 0 Å². The number of halogens is 6. The Balaban J connectivity index is 1.95. The number of carbonyl (C=O) groups excluding carboxylic acids is 2. The highest BCUT2D eigenvalue weighted by Crippen LogP contribution is 2.34. The summed E-state index contributed by atoms with van der Waals surface area (Å²) >= 11 is 5.67. The van der Waals surface area contributed by atoms with E-state index in [2.05, 4.69) is 16.0 Å². The maximum atomic E-state index is 14.8. The second-order valence-electron chi connectivity index (χ2n) is 7.31. The van der Waals surface area contributed by atoms with Crippen LogP contribution in [-0.4, -0.2) is 54.7 Å². The molecule has 3 amide bonds. The molecule has 2 aliphatic rings. The van der Waals surface area contributed by atoms with Gasteiger partial charge in [0.05, 0.1) is 12.6 Å². The van der Waals surface area contributed by atoms with Crippen molar-refractivity contribution in [3.05, 3.63) is 34.4 Å². The third kappa shape index (κ3) is 5.12. The predicted octanol–water partition coefficient (Wildman–Crippen LogP) is 2.87. The van der Waals surface area contributed by atoms with Gasteiger partial charge >= 0.3 is 12.2 Å². The molecule has 0 saturated carbocycles. The first-order valence-electron chi connectivity index (χ1n) is 9.36. The van der Waals surface area contributed by atoms with Gasteiger partial charge in [-0.2, -0.15) is 13.2 Å². The molecular formula is C18H20ClF5N4O2. The van der Waals surface area contributed by atoms with Gasteiger partial charge in [0.1, 0.15) is 22.7 Å². The summed E-state index contributed by atoms with van der Waals surface area (Å²) < 4.78 is 67.7. The molecule has 3 atom stereocenters. The normalized spacial score (nSPS) is 23.6. The number of nitrogens with one attached hydrogen (secondary N) is 3. The van der Waals surface area contributed by atoms with Gasteiger partial charge in [-0.05, 0) is 25.5 Å². The molecule has 0 unspecified atom stereocenters. The quantitative estimate of drug-likeness (QED) is 0.473. The molecule has 2 saturated heterocycles. The van der Waals surface area contributed by atoms with Crippen molar-refractivity contribution < 1.29 is 31.5 Å². The second-order valence-corrected chi connectivity index (χ2v) is 7.68. The summed E-state index contributed by atoms with van der Waals surface area (Å²) in [6, 6.07) is -1.71. The lowest BCUT2D eigenvalue weighted by Crippen LogP contribution is -2.54. The van der Waals surface area contributed by atoms with Crippen molar-refractivity contribution in [3.63, 3.8) is 0 Å². The number of piperidine rings is 1. The van der Waals surface area contributed by atoms with Crippen molar-refractivity contribution in [1.82, 2.24) is 20.9 Å². The van der Waals surface area contributed by atoms with Gasteiger partial charge in [-0.25, -0.2) is 13.6 Å². The summed E-state index contributed by atoms with van der Waals surface area (Å²) in [6.45, 7) is -1.15. The molecule has 0 aromatic heterocycles. The Morgan fingerprint density at radius 1 is 1.30 bits per heavy atom. The topological polar surface area (TPSA) is 73.5 Å². The van der Waals surface area contributed by atoms with E-state index >= 15 is 0 Å². The second kappa shape index (κ2) is 8.93. The average molecular weight is 455 g/mol. The van der Waals surface area contributed by atoms with Gasteiger partial charge in [0.15, 0.2) is 0 Å². The SMILES string of the molecule is O=C1NC[C@@H](C(=O)N[C@H](c2ccc(F)c(Cl)c2F)[C@@H]2CCCCN2CC(F)(F)F)N1. The van der Waals surface area contributed by atoms with E-state index in [1.165, 1.54) is 0 Å². The van der Waals surface area contributed by atoms with Gasteiger partial charge in [-0.15, -0.1) is 0 Å². The molecule has 0 spiro atoms. The minimum atomic E-state index is -4.49. The number of carbonyl (C=O) groups is 2. The van der Waals surface area contributed by atoms with Crippen LogP contribution in [0.2, 0.25) is 5.02 Å². The Morgan fingerprint density at radius 2 is 2.03 bits per heavy atom. The Morgan fingerprint density at radius 3 is 2.67 bits per heavy atom. The zero-order valence-electron chi connectivity index (χ0n) is 15.7. The first-order chi connectivity index (χ1) is 14.1. The number of urea groups is 1.